The minimum absolute atomic E-state index is 0.0548. The first kappa shape index (κ1) is 14.5. The molecule has 1 aromatic heterocycles. The Morgan fingerprint density at radius 3 is 2.47 bits per heavy atom. The minimum Gasteiger partial charge on any atom is -0.317 e. The fourth-order valence-corrected chi connectivity index (χ4v) is 4.36. The summed E-state index contributed by atoms with van der Waals surface area (Å²) in [6.07, 6.45) is 2.01. The molecule has 108 valence electrons. The Kier molecular flexibility index (Phi) is 4.27. The smallest absolute Gasteiger partial charge is 0.244 e. The fraction of sp³-hybridized carbons (Fsp3) is 0.750. The molecule has 1 saturated heterocycles. The Hall–Kier alpha value is -0.920. The van der Waals surface area contributed by atoms with Crippen molar-refractivity contribution in [3.8, 4) is 0 Å². The summed E-state index contributed by atoms with van der Waals surface area (Å²) in [5.41, 5.74) is 1.10. The highest BCUT2D eigenvalue weighted by atomic mass is 32.2. The second-order valence-corrected chi connectivity index (χ2v) is 6.91. The summed E-state index contributed by atoms with van der Waals surface area (Å²) >= 11 is 0. The molecule has 0 bridgehead atoms. The minimum atomic E-state index is -3.49. The third-order valence-electron chi connectivity index (χ3n) is 3.76. The van der Waals surface area contributed by atoms with Crippen molar-refractivity contribution in [2.45, 2.75) is 44.6 Å². The zero-order valence-corrected chi connectivity index (χ0v) is 12.5. The van der Waals surface area contributed by atoms with Crippen LogP contribution in [0.4, 0.5) is 0 Å². The van der Waals surface area contributed by atoms with Gasteiger partial charge in [-0.25, -0.2) is 13.1 Å². The summed E-state index contributed by atoms with van der Waals surface area (Å²) in [4.78, 5) is 0.285. The van der Waals surface area contributed by atoms with Crippen LogP contribution in [0, 0.1) is 19.8 Å². The van der Waals surface area contributed by atoms with Crippen LogP contribution in [0.25, 0.3) is 0 Å². The predicted octanol–water partition coefficient (Wildman–Crippen LogP) is 0.693. The summed E-state index contributed by atoms with van der Waals surface area (Å²) in [5, 5.41) is 9.95. The van der Waals surface area contributed by atoms with Crippen molar-refractivity contribution in [3.63, 3.8) is 0 Å². The molecule has 1 aliphatic heterocycles. The van der Waals surface area contributed by atoms with E-state index in [-0.39, 0.29) is 10.9 Å². The van der Waals surface area contributed by atoms with Gasteiger partial charge in [0.05, 0.1) is 11.4 Å². The maximum absolute atomic E-state index is 12.4. The van der Waals surface area contributed by atoms with Gasteiger partial charge in [0.25, 0.3) is 0 Å². The molecule has 3 N–H and O–H groups in total. The molecule has 0 amide bonds. The molecule has 0 spiro atoms. The van der Waals surface area contributed by atoms with E-state index in [1.807, 2.05) is 6.92 Å². The lowest BCUT2D eigenvalue weighted by molar-refractivity contribution is 0.316. The van der Waals surface area contributed by atoms with Gasteiger partial charge in [0, 0.05) is 6.04 Å². The van der Waals surface area contributed by atoms with Crippen LogP contribution in [0.2, 0.25) is 0 Å². The second-order valence-electron chi connectivity index (χ2n) is 5.26. The molecule has 7 heteroatoms. The Bertz CT molecular complexity index is 512. The molecular weight excluding hydrogens is 264 g/mol. The molecule has 2 heterocycles. The van der Waals surface area contributed by atoms with Crippen molar-refractivity contribution in [1.82, 2.24) is 20.2 Å². The van der Waals surface area contributed by atoms with Crippen LogP contribution in [-0.4, -0.2) is 37.7 Å². The highest BCUT2D eigenvalue weighted by molar-refractivity contribution is 7.89. The van der Waals surface area contributed by atoms with Gasteiger partial charge in [-0.3, -0.25) is 5.10 Å². The number of nitrogens with zero attached hydrogens (tertiary/aromatic N) is 1. The van der Waals surface area contributed by atoms with Gasteiger partial charge in [-0.2, -0.15) is 5.10 Å². The highest BCUT2D eigenvalue weighted by Gasteiger charge is 2.28. The molecule has 0 saturated carbocycles. The number of sulfonamides is 1. The number of hydrogen-bond donors (Lipinski definition) is 3. The lowest BCUT2D eigenvalue weighted by Gasteiger charge is -2.28. The van der Waals surface area contributed by atoms with Crippen molar-refractivity contribution in [1.29, 1.82) is 0 Å². The first-order chi connectivity index (χ1) is 8.92. The van der Waals surface area contributed by atoms with Crippen molar-refractivity contribution in [2.24, 2.45) is 5.92 Å². The van der Waals surface area contributed by atoms with Crippen LogP contribution in [0.3, 0.4) is 0 Å². The second kappa shape index (κ2) is 5.60. The van der Waals surface area contributed by atoms with Crippen LogP contribution < -0.4 is 10.0 Å². The molecule has 1 aliphatic rings. The Balaban J connectivity index is 2.13. The first-order valence-corrected chi connectivity index (χ1v) is 8.14. The maximum atomic E-state index is 12.4. The highest BCUT2D eigenvalue weighted by Crippen LogP contribution is 2.21. The van der Waals surface area contributed by atoms with Crippen LogP contribution in [-0.2, 0) is 10.0 Å². The van der Waals surface area contributed by atoms with Crippen LogP contribution >= 0.6 is 0 Å². The van der Waals surface area contributed by atoms with E-state index in [9.17, 15) is 8.42 Å². The van der Waals surface area contributed by atoms with Gasteiger partial charge in [-0.05, 0) is 52.6 Å². The van der Waals surface area contributed by atoms with Crippen molar-refractivity contribution >= 4 is 10.0 Å². The normalized spacial score (nSPS) is 19.5. The summed E-state index contributed by atoms with van der Waals surface area (Å²) in [6.45, 7) is 7.29. The topological polar surface area (TPSA) is 86.9 Å². The van der Waals surface area contributed by atoms with Gasteiger partial charge < -0.3 is 5.32 Å². The fourth-order valence-electron chi connectivity index (χ4n) is 2.68. The Morgan fingerprint density at radius 1 is 1.32 bits per heavy atom. The molecule has 1 atom stereocenters. The molecular formula is C12H22N4O2S. The summed E-state index contributed by atoms with van der Waals surface area (Å²) in [6, 6.07) is -0.0548. The number of hydrogen-bond acceptors (Lipinski definition) is 4. The van der Waals surface area contributed by atoms with E-state index in [0.29, 0.717) is 17.3 Å². The van der Waals surface area contributed by atoms with E-state index in [2.05, 4.69) is 20.2 Å². The molecule has 1 unspecified atom stereocenters. The maximum Gasteiger partial charge on any atom is 0.244 e. The molecule has 0 radical (unpaired) electrons. The Labute approximate surface area is 114 Å². The molecule has 0 aromatic carbocycles. The molecule has 19 heavy (non-hydrogen) atoms. The number of rotatable bonds is 4. The lowest BCUT2D eigenvalue weighted by Crippen LogP contribution is -2.42. The van der Waals surface area contributed by atoms with E-state index in [1.54, 1.807) is 13.8 Å². The van der Waals surface area contributed by atoms with Gasteiger partial charge in [0.2, 0.25) is 10.0 Å². The summed E-state index contributed by atoms with van der Waals surface area (Å²) in [5.74, 6) is 0.392. The predicted molar refractivity (Wildman–Crippen MR) is 73.4 cm³/mol. The summed E-state index contributed by atoms with van der Waals surface area (Å²) in [7, 11) is -3.49. The molecule has 6 nitrogen and oxygen atoms in total. The SMILES string of the molecule is Cc1n[nH]c(C)c1S(=O)(=O)NC(C)C1CCNCC1. The quantitative estimate of drug-likeness (QED) is 0.760. The first-order valence-electron chi connectivity index (χ1n) is 6.66. The molecule has 1 aromatic rings. The molecule has 2 rings (SSSR count). The van der Waals surface area contributed by atoms with Gasteiger partial charge in [-0.1, -0.05) is 0 Å². The van der Waals surface area contributed by atoms with Gasteiger partial charge in [0.1, 0.15) is 4.90 Å². The molecule has 1 fully saturated rings. The number of aryl methyl sites for hydroxylation is 2. The van der Waals surface area contributed by atoms with Crippen LogP contribution in [0.15, 0.2) is 4.90 Å². The molecule has 0 aliphatic carbocycles. The van der Waals surface area contributed by atoms with Crippen molar-refractivity contribution in [3.05, 3.63) is 11.4 Å². The van der Waals surface area contributed by atoms with Crippen LogP contribution in [0.5, 0.6) is 0 Å². The third-order valence-corrected chi connectivity index (χ3v) is 5.58. The average Bonchev–Trinajstić information content (AvgIpc) is 2.70. The van der Waals surface area contributed by atoms with Crippen molar-refractivity contribution in [2.75, 3.05) is 13.1 Å². The van der Waals surface area contributed by atoms with Crippen LogP contribution in [0.1, 0.15) is 31.2 Å². The van der Waals surface area contributed by atoms with E-state index < -0.39 is 10.0 Å². The number of aromatic nitrogens is 2. The number of aromatic amines is 1. The zero-order valence-electron chi connectivity index (χ0n) is 11.7. The van der Waals surface area contributed by atoms with Gasteiger partial charge in [0.15, 0.2) is 0 Å². The van der Waals surface area contributed by atoms with E-state index >= 15 is 0 Å². The number of H-pyrrole nitrogens is 1. The van der Waals surface area contributed by atoms with E-state index in [0.717, 1.165) is 25.9 Å². The third kappa shape index (κ3) is 3.16. The largest absolute Gasteiger partial charge is 0.317 e. The lowest BCUT2D eigenvalue weighted by atomic mass is 9.92. The van der Waals surface area contributed by atoms with E-state index in [1.165, 1.54) is 0 Å². The number of nitrogens with one attached hydrogen (secondary N) is 3. The monoisotopic (exact) mass is 286 g/mol. The standard InChI is InChI=1S/C12H22N4O2S/c1-8(11-4-6-13-7-5-11)16-19(17,18)12-9(2)14-15-10(12)3/h8,11,13,16H,4-7H2,1-3H3,(H,14,15). The van der Waals surface area contributed by atoms with Gasteiger partial charge >= 0.3 is 0 Å². The zero-order chi connectivity index (χ0) is 14.0. The summed E-state index contributed by atoms with van der Waals surface area (Å²) < 4.78 is 27.6. The number of piperidine rings is 1. The van der Waals surface area contributed by atoms with Gasteiger partial charge in [-0.15, -0.1) is 0 Å². The van der Waals surface area contributed by atoms with E-state index in [4.69, 9.17) is 0 Å². The van der Waals surface area contributed by atoms with Crippen molar-refractivity contribution < 1.29 is 8.42 Å². The average molecular weight is 286 g/mol. The Morgan fingerprint density at radius 2 is 1.95 bits per heavy atom.